The van der Waals surface area contributed by atoms with Crippen LogP contribution in [0.1, 0.15) is 79.4 Å². The number of fused-ring (bicyclic) bond motifs is 1. The molecule has 1 unspecified atom stereocenters. The Kier molecular flexibility index (Phi) is 6.15. The summed E-state index contributed by atoms with van der Waals surface area (Å²) in [5, 5.41) is 5.41. The van der Waals surface area contributed by atoms with Gasteiger partial charge < -0.3 is 9.47 Å². The number of benzene rings is 2. The van der Waals surface area contributed by atoms with Crippen LogP contribution in [0.3, 0.4) is 0 Å². The smallest absolute Gasteiger partial charge is 0.259 e. The van der Waals surface area contributed by atoms with Crippen molar-refractivity contribution in [1.29, 1.82) is 0 Å². The zero-order valence-corrected chi connectivity index (χ0v) is 24.8. The molecule has 3 fully saturated rings. The zero-order chi connectivity index (χ0) is 30.2. The number of piperidine rings is 2. The van der Waals surface area contributed by atoms with E-state index in [2.05, 4.69) is 51.1 Å². The maximum Gasteiger partial charge on any atom is 0.259 e. The summed E-state index contributed by atoms with van der Waals surface area (Å²) in [6.45, 7) is 3.67. The minimum absolute atomic E-state index is 0.159. The van der Waals surface area contributed by atoms with Crippen LogP contribution >= 0.6 is 0 Å². The van der Waals surface area contributed by atoms with Crippen molar-refractivity contribution in [3.63, 3.8) is 0 Å². The van der Waals surface area contributed by atoms with E-state index in [1.54, 1.807) is 4.90 Å². The van der Waals surface area contributed by atoms with Crippen molar-refractivity contribution in [2.24, 2.45) is 5.41 Å². The molecule has 5 heterocycles. The molecule has 4 aromatic rings. The van der Waals surface area contributed by atoms with Gasteiger partial charge in [0.05, 0.1) is 17.4 Å². The lowest BCUT2D eigenvalue weighted by Crippen LogP contribution is -2.53. The average molecular weight is 590 g/mol. The molecule has 4 aliphatic rings. The first-order valence-corrected chi connectivity index (χ1v) is 15.8. The Morgan fingerprint density at radius 3 is 2.57 bits per heavy atom. The first-order valence-electron chi connectivity index (χ1n) is 15.8. The van der Waals surface area contributed by atoms with Crippen molar-refractivity contribution in [3.05, 3.63) is 71.7 Å². The van der Waals surface area contributed by atoms with Crippen molar-refractivity contribution in [3.8, 4) is 0 Å². The van der Waals surface area contributed by atoms with E-state index < -0.39 is 11.9 Å². The van der Waals surface area contributed by atoms with E-state index >= 15 is 0 Å². The maximum absolute atomic E-state index is 13.6. The van der Waals surface area contributed by atoms with Gasteiger partial charge in [0.2, 0.25) is 17.7 Å². The molecule has 1 saturated carbocycles. The summed E-state index contributed by atoms with van der Waals surface area (Å²) in [7, 11) is 0. The molecule has 9 nitrogen and oxygen atoms in total. The SMILES string of the molecule is CC1(C(=O)N2CCC(n3cc(Cc4ccc5c6c(cccc46)C(=O)N5C4CCC(=O)NC4=O)c4ccncc43)CC2)CCC1. The second-order valence-electron chi connectivity index (χ2n) is 13.2. The van der Waals surface area contributed by atoms with Crippen LogP contribution < -0.4 is 10.2 Å². The Hall–Kier alpha value is -4.53. The zero-order valence-electron chi connectivity index (χ0n) is 24.8. The number of carbonyl (C=O) groups is 4. The summed E-state index contributed by atoms with van der Waals surface area (Å²) in [5.74, 6) is -0.597. The van der Waals surface area contributed by atoms with Gasteiger partial charge in [-0.25, -0.2) is 0 Å². The fourth-order valence-corrected chi connectivity index (χ4v) is 7.93. The topological polar surface area (TPSA) is 105 Å². The molecule has 4 amide bonds. The van der Waals surface area contributed by atoms with E-state index in [0.29, 0.717) is 30.4 Å². The lowest BCUT2D eigenvalue weighted by Gasteiger charge is -2.43. The quantitative estimate of drug-likeness (QED) is 0.334. The average Bonchev–Trinajstić information content (AvgIpc) is 3.53. The molecule has 9 heteroatoms. The number of pyridine rings is 1. The van der Waals surface area contributed by atoms with Gasteiger partial charge in [0, 0.05) is 66.1 Å². The van der Waals surface area contributed by atoms with Gasteiger partial charge in [0.1, 0.15) is 6.04 Å². The predicted molar refractivity (Wildman–Crippen MR) is 166 cm³/mol. The lowest BCUT2D eigenvalue weighted by molar-refractivity contribution is -0.147. The van der Waals surface area contributed by atoms with Crippen LogP contribution in [0.15, 0.2) is 55.0 Å². The van der Waals surface area contributed by atoms with E-state index in [4.69, 9.17) is 0 Å². The second-order valence-corrected chi connectivity index (χ2v) is 13.2. The van der Waals surface area contributed by atoms with E-state index in [1.807, 2.05) is 30.6 Å². The van der Waals surface area contributed by atoms with Crippen molar-refractivity contribution in [1.82, 2.24) is 19.8 Å². The first kappa shape index (κ1) is 27.0. The van der Waals surface area contributed by atoms with Gasteiger partial charge in [-0.1, -0.05) is 31.5 Å². The number of imide groups is 1. The highest BCUT2D eigenvalue weighted by molar-refractivity contribution is 6.27. The third-order valence-electron chi connectivity index (χ3n) is 10.6. The van der Waals surface area contributed by atoms with Crippen molar-refractivity contribution in [2.45, 2.75) is 70.4 Å². The monoisotopic (exact) mass is 589 g/mol. The molecular formula is C35H35N5O4. The van der Waals surface area contributed by atoms with Crippen molar-refractivity contribution >= 4 is 51.0 Å². The molecule has 1 atom stereocenters. The fourth-order valence-electron chi connectivity index (χ4n) is 7.93. The molecule has 2 aromatic heterocycles. The van der Waals surface area contributed by atoms with E-state index in [-0.39, 0.29) is 23.7 Å². The van der Waals surface area contributed by atoms with Crippen LogP contribution in [0.25, 0.3) is 21.7 Å². The molecule has 0 bridgehead atoms. The first-order chi connectivity index (χ1) is 21.3. The highest BCUT2D eigenvalue weighted by atomic mass is 16.2. The summed E-state index contributed by atoms with van der Waals surface area (Å²) >= 11 is 0. The normalized spacial score (nSPS) is 21.7. The summed E-state index contributed by atoms with van der Waals surface area (Å²) in [4.78, 5) is 59.3. The Morgan fingerprint density at radius 2 is 1.82 bits per heavy atom. The van der Waals surface area contributed by atoms with Gasteiger partial charge in [-0.15, -0.1) is 0 Å². The van der Waals surface area contributed by atoms with Crippen molar-refractivity contribution in [2.75, 3.05) is 18.0 Å². The number of rotatable bonds is 5. The van der Waals surface area contributed by atoms with Crippen molar-refractivity contribution < 1.29 is 19.2 Å². The number of carbonyl (C=O) groups excluding carboxylic acids is 4. The molecule has 224 valence electrons. The second kappa shape index (κ2) is 10.0. The highest BCUT2D eigenvalue weighted by Gasteiger charge is 2.43. The molecular weight excluding hydrogens is 554 g/mol. The van der Waals surface area contributed by atoms with Crippen LogP contribution in [-0.4, -0.2) is 57.2 Å². The third-order valence-corrected chi connectivity index (χ3v) is 10.6. The van der Waals surface area contributed by atoms with Gasteiger partial charge in [-0.2, -0.15) is 0 Å². The van der Waals surface area contributed by atoms with E-state index in [9.17, 15) is 19.2 Å². The largest absolute Gasteiger partial charge is 0.343 e. The summed E-state index contributed by atoms with van der Waals surface area (Å²) in [6, 6.07) is 11.5. The summed E-state index contributed by atoms with van der Waals surface area (Å²) < 4.78 is 2.36. The van der Waals surface area contributed by atoms with Gasteiger partial charge >= 0.3 is 0 Å². The standard InChI is InChI=1S/C35H35N5O4/c1-35(13-3-14-35)34(44)38-16-11-23(12-17-38)39-20-22(24-10-15-36-19-29(24)39)18-21-6-7-27-31-25(21)4-2-5-26(31)33(43)40(27)28-8-9-30(41)37-32(28)42/h2,4-7,10,15,19-20,23,28H,3,8-9,11-14,16-18H2,1H3,(H,37,41,42). The fraction of sp³-hybridized carbons (Fsp3) is 0.400. The Bertz CT molecular complexity index is 1880. The molecule has 44 heavy (non-hydrogen) atoms. The number of aromatic nitrogens is 2. The number of amides is 4. The van der Waals surface area contributed by atoms with Gasteiger partial charge in [-0.05, 0) is 66.8 Å². The van der Waals surface area contributed by atoms with Crippen LogP contribution in [-0.2, 0) is 20.8 Å². The Labute approximate surface area is 255 Å². The number of nitrogens with one attached hydrogen (secondary N) is 1. The third kappa shape index (κ3) is 4.08. The number of hydrogen-bond acceptors (Lipinski definition) is 5. The van der Waals surface area contributed by atoms with E-state index in [0.717, 1.165) is 78.1 Å². The summed E-state index contributed by atoms with van der Waals surface area (Å²) in [5.41, 5.74) is 4.55. The molecule has 0 spiro atoms. The Balaban J connectivity index is 1.10. The van der Waals surface area contributed by atoms with Crippen LogP contribution in [0.5, 0.6) is 0 Å². The number of nitrogens with zero attached hydrogens (tertiary/aromatic N) is 4. The van der Waals surface area contributed by atoms with Crippen LogP contribution in [0, 0.1) is 5.41 Å². The Morgan fingerprint density at radius 1 is 1.00 bits per heavy atom. The molecule has 1 N–H and O–H groups in total. The van der Waals surface area contributed by atoms with Gasteiger partial charge in [-0.3, -0.25) is 34.4 Å². The summed E-state index contributed by atoms with van der Waals surface area (Å²) in [6.07, 6.45) is 12.2. The van der Waals surface area contributed by atoms with Gasteiger partial charge in [0.15, 0.2) is 0 Å². The minimum atomic E-state index is -0.703. The molecule has 3 aliphatic heterocycles. The molecule has 2 aromatic carbocycles. The van der Waals surface area contributed by atoms with Crippen LogP contribution in [0.4, 0.5) is 5.69 Å². The minimum Gasteiger partial charge on any atom is -0.343 e. The molecule has 0 radical (unpaired) electrons. The maximum atomic E-state index is 13.6. The van der Waals surface area contributed by atoms with Crippen LogP contribution in [0.2, 0.25) is 0 Å². The molecule has 2 saturated heterocycles. The van der Waals surface area contributed by atoms with E-state index in [1.165, 1.54) is 5.56 Å². The highest BCUT2D eigenvalue weighted by Crippen LogP contribution is 2.44. The number of hydrogen-bond donors (Lipinski definition) is 1. The number of anilines is 1. The lowest BCUT2D eigenvalue weighted by atomic mass is 9.69. The molecule has 8 rings (SSSR count). The van der Waals surface area contributed by atoms with Gasteiger partial charge in [0.25, 0.3) is 5.91 Å². The predicted octanol–water partition coefficient (Wildman–Crippen LogP) is 4.90. The molecule has 1 aliphatic carbocycles. The number of likely N-dealkylation sites (tertiary alicyclic amines) is 1.